The van der Waals surface area contributed by atoms with Gasteiger partial charge < -0.3 is 25.1 Å². The Balaban J connectivity index is 1.66. The van der Waals surface area contributed by atoms with E-state index in [0.717, 1.165) is 17.4 Å². The van der Waals surface area contributed by atoms with Gasteiger partial charge in [0.2, 0.25) is 0 Å². The largest absolute Gasteiger partial charge is 0.463 e. The van der Waals surface area contributed by atoms with Gasteiger partial charge in [-0.3, -0.25) is 4.79 Å². The molecule has 7 nitrogen and oxygen atoms in total. The Labute approximate surface area is 139 Å². The molecule has 1 aliphatic heterocycles. The Morgan fingerprint density at radius 1 is 1.42 bits per heavy atom. The monoisotopic (exact) mass is 331 g/mol. The number of carbonyl (C=O) groups is 2. The van der Waals surface area contributed by atoms with E-state index >= 15 is 0 Å². The summed E-state index contributed by atoms with van der Waals surface area (Å²) in [5.74, 6) is -0.221. The maximum atomic E-state index is 12.4. The standard InChI is InChI=1S/C17H21N3O4/c1-2-11-3-4-15-13(7-11)14(10-24-15)16(21)19-8-12-9-20(17(18)22)5-6-23-12/h3-4,7,10,12H,2,5-6,8-9H2,1H3,(H2,18,22)(H,19,21). The number of fused-ring (bicyclic) bond motifs is 1. The Hall–Kier alpha value is -2.54. The van der Waals surface area contributed by atoms with E-state index in [9.17, 15) is 9.59 Å². The van der Waals surface area contributed by atoms with E-state index in [1.165, 1.54) is 11.2 Å². The molecule has 1 aliphatic rings. The fourth-order valence-corrected chi connectivity index (χ4v) is 2.82. The first-order chi connectivity index (χ1) is 11.6. The van der Waals surface area contributed by atoms with Crippen molar-refractivity contribution in [2.75, 3.05) is 26.2 Å². The van der Waals surface area contributed by atoms with E-state index in [1.54, 1.807) is 0 Å². The molecule has 1 saturated heterocycles. The molecular formula is C17H21N3O4. The highest BCUT2D eigenvalue weighted by atomic mass is 16.5. The normalized spacial score (nSPS) is 17.9. The highest BCUT2D eigenvalue weighted by Crippen LogP contribution is 2.23. The molecule has 0 aliphatic carbocycles. The van der Waals surface area contributed by atoms with Crippen LogP contribution in [0.3, 0.4) is 0 Å². The third-order valence-corrected chi connectivity index (χ3v) is 4.23. The molecule has 2 aromatic rings. The summed E-state index contributed by atoms with van der Waals surface area (Å²) in [7, 11) is 0. The summed E-state index contributed by atoms with van der Waals surface area (Å²) in [6, 6.07) is 5.36. The second-order valence-corrected chi connectivity index (χ2v) is 5.82. The molecule has 3 N–H and O–H groups in total. The van der Waals surface area contributed by atoms with Crippen LogP contribution >= 0.6 is 0 Å². The van der Waals surface area contributed by atoms with Gasteiger partial charge in [-0.25, -0.2) is 4.79 Å². The van der Waals surface area contributed by atoms with Gasteiger partial charge in [0.1, 0.15) is 11.8 Å². The third kappa shape index (κ3) is 3.35. The molecule has 128 valence electrons. The van der Waals surface area contributed by atoms with Crippen LogP contribution in [0.5, 0.6) is 0 Å². The fourth-order valence-electron chi connectivity index (χ4n) is 2.82. The van der Waals surface area contributed by atoms with Gasteiger partial charge >= 0.3 is 6.03 Å². The van der Waals surface area contributed by atoms with Crippen molar-refractivity contribution in [1.82, 2.24) is 10.2 Å². The number of rotatable bonds is 4. The lowest BCUT2D eigenvalue weighted by Crippen LogP contribution is -2.51. The Morgan fingerprint density at radius 2 is 2.25 bits per heavy atom. The summed E-state index contributed by atoms with van der Waals surface area (Å²) in [6.45, 7) is 3.64. The molecule has 0 spiro atoms. The molecule has 7 heteroatoms. The number of aryl methyl sites for hydroxylation is 1. The van der Waals surface area contributed by atoms with E-state index in [4.69, 9.17) is 14.9 Å². The van der Waals surface area contributed by atoms with Gasteiger partial charge in [-0.2, -0.15) is 0 Å². The molecule has 24 heavy (non-hydrogen) atoms. The van der Waals surface area contributed by atoms with Crippen LogP contribution in [0.1, 0.15) is 22.8 Å². The van der Waals surface area contributed by atoms with Crippen LogP contribution in [0, 0.1) is 0 Å². The number of urea groups is 1. The summed E-state index contributed by atoms with van der Waals surface area (Å²) in [6.07, 6.45) is 2.09. The number of nitrogens with one attached hydrogen (secondary N) is 1. The van der Waals surface area contributed by atoms with Crippen molar-refractivity contribution in [3.63, 3.8) is 0 Å². The molecule has 1 aromatic heterocycles. The second-order valence-electron chi connectivity index (χ2n) is 5.82. The van der Waals surface area contributed by atoms with Crippen molar-refractivity contribution in [3.8, 4) is 0 Å². The number of primary amides is 1. The van der Waals surface area contributed by atoms with E-state index in [2.05, 4.69) is 12.2 Å². The molecule has 3 rings (SSSR count). The number of ether oxygens (including phenoxy) is 1. The predicted octanol–water partition coefficient (Wildman–Crippen LogP) is 1.50. The quantitative estimate of drug-likeness (QED) is 0.887. The molecule has 0 radical (unpaired) electrons. The number of nitrogens with two attached hydrogens (primary N) is 1. The lowest BCUT2D eigenvalue weighted by atomic mass is 10.1. The van der Waals surface area contributed by atoms with Gasteiger partial charge in [-0.05, 0) is 24.1 Å². The average Bonchev–Trinajstić information content (AvgIpc) is 3.03. The van der Waals surface area contributed by atoms with E-state index < -0.39 is 6.03 Å². The van der Waals surface area contributed by atoms with Crippen LogP contribution in [0.2, 0.25) is 0 Å². The second kappa shape index (κ2) is 6.92. The molecule has 1 unspecified atom stereocenters. The van der Waals surface area contributed by atoms with Gasteiger partial charge in [0.05, 0.1) is 24.8 Å². The zero-order valence-corrected chi connectivity index (χ0v) is 13.6. The van der Waals surface area contributed by atoms with Crippen LogP contribution in [-0.2, 0) is 11.2 Å². The first kappa shape index (κ1) is 16.3. The minimum atomic E-state index is -0.470. The van der Waals surface area contributed by atoms with Gasteiger partial charge in [0.25, 0.3) is 5.91 Å². The number of hydrogen-bond donors (Lipinski definition) is 2. The number of carbonyl (C=O) groups excluding carboxylic acids is 2. The number of morpholine rings is 1. The zero-order chi connectivity index (χ0) is 17.1. The molecule has 1 aromatic carbocycles. The van der Waals surface area contributed by atoms with Crippen LogP contribution in [0.25, 0.3) is 11.0 Å². The summed E-state index contributed by atoms with van der Waals surface area (Å²) in [5, 5.41) is 3.64. The Bertz CT molecular complexity index is 755. The number of hydrogen-bond acceptors (Lipinski definition) is 4. The number of amides is 3. The van der Waals surface area contributed by atoms with Gasteiger partial charge in [0.15, 0.2) is 0 Å². The van der Waals surface area contributed by atoms with Crippen LogP contribution in [-0.4, -0.2) is 49.2 Å². The van der Waals surface area contributed by atoms with Gasteiger partial charge in [-0.1, -0.05) is 13.0 Å². The van der Waals surface area contributed by atoms with Gasteiger partial charge in [0, 0.05) is 18.5 Å². The first-order valence-corrected chi connectivity index (χ1v) is 8.02. The smallest absolute Gasteiger partial charge is 0.314 e. The lowest BCUT2D eigenvalue weighted by Gasteiger charge is -2.31. The number of nitrogens with zero attached hydrogens (tertiary/aromatic N) is 1. The van der Waals surface area contributed by atoms with Crippen LogP contribution in [0.15, 0.2) is 28.9 Å². The first-order valence-electron chi connectivity index (χ1n) is 8.02. The average molecular weight is 331 g/mol. The summed E-state index contributed by atoms with van der Waals surface area (Å²) >= 11 is 0. The Kier molecular flexibility index (Phi) is 4.71. The number of benzene rings is 1. The highest BCUT2D eigenvalue weighted by Gasteiger charge is 2.23. The third-order valence-electron chi connectivity index (χ3n) is 4.23. The van der Waals surface area contributed by atoms with Gasteiger partial charge in [-0.15, -0.1) is 0 Å². The van der Waals surface area contributed by atoms with Crippen LogP contribution in [0.4, 0.5) is 4.79 Å². The molecule has 1 atom stereocenters. The Morgan fingerprint density at radius 3 is 3.00 bits per heavy atom. The molecular weight excluding hydrogens is 310 g/mol. The highest BCUT2D eigenvalue weighted by molar-refractivity contribution is 6.06. The van der Waals surface area contributed by atoms with Crippen molar-refractivity contribution in [2.45, 2.75) is 19.4 Å². The van der Waals surface area contributed by atoms with Crippen molar-refractivity contribution in [2.24, 2.45) is 5.73 Å². The van der Waals surface area contributed by atoms with Crippen LogP contribution < -0.4 is 11.1 Å². The van der Waals surface area contributed by atoms with Crippen molar-refractivity contribution < 1.29 is 18.7 Å². The maximum Gasteiger partial charge on any atom is 0.314 e. The number of furan rings is 1. The minimum absolute atomic E-state index is 0.221. The van der Waals surface area contributed by atoms with Crippen molar-refractivity contribution in [1.29, 1.82) is 0 Å². The molecule has 2 heterocycles. The fraction of sp³-hybridized carbons (Fsp3) is 0.412. The SMILES string of the molecule is CCc1ccc2occ(C(=O)NCC3CN(C(N)=O)CCO3)c2c1. The summed E-state index contributed by atoms with van der Waals surface area (Å²) in [4.78, 5) is 25.2. The minimum Gasteiger partial charge on any atom is -0.463 e. The summed E-state index contributed by atoms with van der Waals surface area (Å²) < 4.78 is 11.0. The predicted molar refractivity (Wildman–Crippen MR) is 88.8 cm³/mol. The topological polar surface area (TPSA) is 97.8 Å². The molecule has 0 bridgehead atoms. The van der Waals surface area contributed by atoms with E-state index in [1.807, 2.05) is 18.2 Å². The molecule has 3 amide bonds. The summed E-state index contributed by atoms with van der Waals surface area (Å²) in [5.41, 5.74) is 7.62. The zero-order valence-electron chi connectivity index (χ0n) is 13.6. The van der Waals surface area contributed by atoms with E-state index in [0.29, 0.717) is 37.4 Å². The maximum absolute atomic E-state index is 12.4. The lowest BCUT2D eigenvalue weighted by molar-refractivity contribution is -0.0110. The van der Waals surface area contributed by atoms with E-state index in [-0.39, 0.29) is 12.0 Å². The molecule has 1 fully saturated rings. The van der Waals surface area contributed by atoms with Crippen molar-refractivity contribution >= 4 is 22.9 Å². The molecule has 0 saturated carbocycles. The van der Waals surface area contributed by atoms with Crippen molar-refractivity contribution in [3.05, 3.63) is 35.6 Å².